The zero-order valence-corrected chi connectivity index (χ0v) is 14.6. The number of rotatable bonds is 5. The summed E-state index contributed by atoms with van der Waals surface area (Å²) in [6.45, 7) is 3.45. The summed E-state index contributed by atoms with van der Waals surface area (Å²) in [7, 11) is 0. The van der Waals surface area contributed by atoms with E-state index in [1.165, 1.54) is 0 Å². The van der Waals surface area contributed by atoms with Gasteiger partial charge in [-0.1, -0.05) is 30.3 Å². The Balaban J connectivity index is 1.48. The van der Waals surface area contributed by atoms with E-state index in [1.807, 2.05) is 70.3 Å². The van der Waals surface area contributed by atoms with Crippen LogP contribution in [-0.2, 0) is 22.7 Å². The lowest BCUT2D eigenvalue weighted by molar-refractivity contribution is -0.135. The molecule has 0 aliphatic carbocycles. The second kappa shape index (κ2) is 7.62. The first-order chi connectivity index (χ1) is 12.8. The van der Waals surface area contributed by atoms with E-state index in [4.69, 9.17) is 9.47 Å². The molecule has 3 aromatic rings. The molecule has 1 amide bonds. The van der Waals surface area contributed by atoms with Crippen LogP contribution < -0.4 is 4.74 Å². The van der Waals surface area contributed by atoms with E-state index >= 15 is 0 Å². The third-order valence-corrected chi connectivity index (χ3v) is 4.66. The van der Waals surface area contributed by atoms with E-state index in [-0.39, 0.29) is 5.91 Å². The molecule has 2 aromatic carbocycles. The third kappa shape index (κ3) is 3.73. The van der Waals surface area contributed by atoms with Crippen LogP contribution >= 0.6 is 0 Å². The second-order valence-electron chi connectivity index (χ2n) is 6.43. The van der Waals surface area contributed by atoms with E-state index in [0.29, 0.717) is 39.5 Å². The number of ether oxygens (including phenoxy) is 2. The summed E-state index contributed by atoms with van der Waals surface area (Å²) >= 11 is 0. The Hall–Kier alpha value is -2.79. The minimum Gasteiger partial charge on any atom is -0.489 e. The SMILES string of the molecule is O=C(Cn1ccc2ccc(OCc3ccccc3)cc21)N1CCOCC1. The first-order valence-electron chi connectivity index (χ1n) is 8.91. The van der Waals surface area contributed by atoms with Crippen molar-refractivity contribution >= 4 is 16.8 Å². The molecule has 0 unspecified atom stereocenters. The molecule has 5 nitrogen and oxygen atoms in total. The number of carbonyl (C=O) groups excluding carboxylic acids is 1. The van der Waals surface area contributed by atoms with Gasteiger partial charge in [-0.3, -0.25) is 4.79 Å². The van der Waals surface area contributed by atoms with Crippen molar-refractivity contribution in [1.29, 1.82) is 0 Å². The number of carbonyl (C=O) groups is 1. The number of hydrogen-bond donors (Lipinski definition) is 0. The Morgan fingerprint density at radius 3 is 2.65 bits per heavy atom. The highest BCUT2D eigenvalue weighted by Crippen LogP contribution is 2.23. The molecule has 0 atom stereocenters. The minimum atomic E-state index is 0.126. The molecule has 2 heterocycles. The van der Waals surface area contributed by atoms with Crippen molar-refractivity contribution in [3.63, 3.8) is 0 Å². The molecular weight excluding hydrogens is 328 g/mol. The molecule has 0 bridgehead atoms. The number of fused-ring (bicyclic) bond motifs is 1. The summed E-state index contributed by atoms with van der Waals surface area (Å²) in [4.78, 5) is 14.4. The Bertz CT molecular complexity index is 883. The van der Waals surface area contributed by atoms with Crippen molar-refractivity contribution in [2.75, 3.05) is 26.3 Å². The van der Waals surface area contributed by atoms with E-state index < -0.39 is 0 Å². The van der Waals surface area contributed by atoms with Gasteiger partial charge in [0.1, 0.15) is 18.9 Å². The second-order valence-corrected chi connectivity index (χ2v) is 6.43. The van der Waals surface area contributed by atoms with Gasteiger partial charge in [0.25, 0.3) is 0 Å². The van der Waals surface area contributed by atoms with Crippen LogP contribution in [0.15, 0.2) is 60.8 Å². The van der Waals surface area contributed by atoms with Crippen LogP contribution in [0.1, 0.15) is 5.56 Å². The molecule has 1 aliphatic rings. The van der Waals surface area contributed by atoms with Crippen molar-refractivity contribution in [2.24, 2.45) is 0 Å². The van der Waals surface area contributed by atoms with E-state index in [9.17, 15) is 4.79 Å². The summed E-state index contributed by atoms with van der Waals surface area (Å²) < 4.78 is 13.2. The van der Waals surface area contributed by atoms with Gasteiger partial charge in [0, 0.05) is 25.4 Å². The van der Waals surface area contributed by atoms with Crippen molar-refractivity contribution in [3.8, 4) is 5.75 Å². The Kier molecular flexibility index (Phi) is 4.88. The van der Waals surface area contributed by atoms with Crippen molar-refractivity contribution in [2.45, 2.75) is 13.2 Å². The molecule has 26 heavy (non-hydrogen) atoms. The standard InChI is InChI=1S/C21H22N2O3/c24-21(22-10-12-25-13-11-22)15-23-9-8-18-6-7-19(14-20(18)23)26-16-17-4-2-1-3-5-17/h1-9,14H,10-13,15-16H2. The van der Waals surface area contributed by atoms with E-state index in [0.717, 1.165) is 22.2 Å². The number of morpholine rings is 1. The van der Waals surface area contributed by atoms with Gasteiger partial charge in [-0.2, -0.15) is 0 Å². The van der Waals surface area contributed by atoms with Crippen molar-refractivity contribution in [1.82, 2.24) is 9.47 Å². The van der Waals surface area contributed by atoms with Crippen LogP contribution in [-0.4, -0.2) is 41.7 Å². The Morgan fingerprint density at radius 1 is 1.04 bits per heavy atom. The van der Waals surface area contributed by atoms with Gasteiger partial charge in [0.2, 0.25) is 5.91 Å². The molecule has 134 valence electrons. The summed E-state index contributed by atoms with van der Waals surface area (Å²) in [6.07, 6.45) is 1.96. The highest BCUT2D eigenvalue weighted by Gasteiger charge is 2.17. The minimum absolute atomic E-state index is 0.126. The summed E-state index contributed by atoms with van der Waals surface area (Å²) in [5.74, 6) is 0.932. The lowest BCUT2D eigenvalue weighted by atomic mass is 10.2. The fourth-order valence-corrected chi connectivity index (χ4v) is 3.19. The quantitative estimate of drug-likeness (QED) is 0.710. The first-order valence-corrected chi connectivity index (χ1v) is 8.91. The fourth-order valence-electron chi connectivity index (χ4n) is 3.19. The third-order valence-electron chi connectivity index (χ3n) is 4.66. The summed E-state index contributed by atoms with van der Waals surface area (Å²) in [6, 6.07) is 18.1. The highest BCUT2D eigenvalue weighted by molar-refractivity contribution is 5.84. The van der Waals surface area contributed by atoms with E-state index in [2.05, 4.69) is 0 Å². The van der Waals surface area contributed by atoms with Crippen molar-refractivity contribution in [3.05, 3.63) is 66.4 Å². The average Bonchev–Trinajstić information content (AvgIpc) is 3.10. The number of hydrogen-bond acceptors (Lipinski definition) is 3. The largest absolute Gasteiger partial charge is 0.489 e. The normalized spacial score (nSPS) is 14.5. The lowest BCUT2D eigenvalue weighted by Gasteiger charge is -2.27. The van der Waals surface area contributed by atoms with Crippen molar-refractivity contribution < 1.29 is 14.3 Å². The molecule has 1 aliphatic heterocycles. The summed E-state index contributed by atoms with van der Waals surface area (Å²) in [5.41, 5.74) is 2.14. The van der Waals surface area contributed by atoms with Crippen LogP contribution in [0.2, 0.25) is 0 Å². The van der Waals surface area contributed by atoms with Crippen LogP contribution in [0.3, 0.4) is 0 Å². The van der Waals surface area contributed by atoms with Gasteiger partial charge in [0.05, 0.1) is 18.7 Å². The monoisotopic (exact) mass is 350 g/mol. The van der Waals surface area contributed by atoms with Gasteiger partial charge in [0.15, 0.2) is 0 Å². The maximum atomic E-state index is 12.5. The number of nitrogens with zero attached hydrogens (tertiary/aromatic N) is 2. The molecule has 0 radical (unpaired) electrons. The van der Waals surface area contributed by atoms with E-state index in [1.54, 1.807) is 0 Å². The molecule has 5 heteroatoms. The molecule has 1 fully saturated rings. The molecule has 0 N–H and O–H groups in total. The molecule has 0 saturated carbocycles. The van der Waals surface area contributed by atoms with Gasteiger partial charge >= 0.3 is 0 Å². The van der Waals surface area contributed by atoms with Crippen LogP contribution in [0.5, 0.6) is 5.75 Å². The fraction of sp³-hybridized carbons (Fsp3) is 0.286. The average molecular weight is 350 g/mol. The maximum Gasteiger partial charge on any atom is 0.242 e. The van der Waals surface area contributed by atoms with Gasteiger partial charge in [-0.05, 0) is 29.1 Å². The van der Waals surface area contributed by atoms with Crippen LogP contribution in [0, 0.1) is 0 Å². The Morgan fingerprint density at radius 2 is 1.85 bits per heavy atom. The first kappa shape index (κ1) is 16.7. The van der Waals surface area contributed by atoms with Crippen LogP contribution in [0.25, 0.3) is 10.9 Å². The predicted molar refractivity (Wildman–Crippen MR) is 100 cm³/mol. The predicted octanol–water partition coefficient (Wildman–Crippen LogP) is 3.08. The summed E-state index contributed by atoms with van der Waals surface area (Å²) in [5, 5.41) is 1.10. The molecule has 1 aromatic heterocycles. The van der Waals surface area contributed by atoms with Crippen LogP contribution in [0.4, 0.5) is 0 Å². The maximum absolute atomic E-state index is 12.5. The number of benzene rings is 2. The van der Waals surface area contributed by atoms with Gasteiger partial charge in [-0.25, -0.2) is 0 Å². The lowest BCUT2D eigenvalue weighted by Crippen LogP contribution is -2.42. The van der Waals surface area contributed by atoms with Gasteiger partial charge in [-0.15, -0.1) is 0 Å². The zero-order chi connectivity index (χ0) is 17.8. The molecule has 4 rings (SSSR count). The topological polar surface area (TPSA) is 43.7 Å². The number of aromatic nitrogens is 1. The van der Waals surface area contributed by atoms with Gasteiger partial charge < -0.3 is 18.9 Å². The zero-order valence-electron chi connectivity index (χ0n) is 14.6. The number of amides is 1. The highest BCUT2D eigenvalue weighted by atomic mass is 16.5. The Labute approximate surface area is 152 Å². The molecular formula is C21H22N2O3. The smallest absolute Gasteiger partial charge is 0.242 e. The molecule has 1 saturated heterocycles. The molecule has 0 spiro atoms.